The zero-order chi connectivity index (χ0) is 20.5. The second kappa shape index (κ2) is 12.2. The summed E-state index contributed by atoms with van der Waals surface area (Å²) in [4.78, 5) is 18.3. The number of hydrogen-bond donors (Lipinski definition) is 1. The van der Waals surface area contributed by atoms with Crippen LogP contribution in [0, 0.1) is 0 Å². The van der Waals surface area contributed by atoms with E-state index in [1.54, 1.807) is 26.3 Å². The van der Waals surface area contributed by atoms with Gasteiger partial charge in [0, 0.05) is 27.2 Å². The van der Waals surface area contributed by atoms with Crippen molar-refractivity contribution in [3.8, 4) is 11.5 Å². The molecule has 0 saturated heterocycles. The van der Waals surface area contributed by atoms with Crippen molar-refractivity contribution in [1.82, 2.24) is 10.2 Å². The van der Waals surface area contributed by atoms with E-state index in [2.05, 4.69) is 10.3 Å². The molecule has 0 aliphatic carbocycles. The smallest absolute Gasteiger partial charge is 0.341 e. The Morgan fingerprint density at radius 2 is 1.69 bits per heavy atom. The van der Waals surface area contributed by atoms with Crippen molar-refractivity contribution < 1.29 is 19.0 Å². The van der Waals surface area contributed by atoms with Crippen LogP contribution in [0.1, 0.15) is 21.5 Å². The van der Waals surface area contributed by atoms with Crippen LogP contribution in [0.3, 0.4) is 0 Å². The molecule has 0 bridgehead atoms. The third-order valence-electron chi connectivity index (χ3n) is 4.27. The second-order valence-corrected chi connectivity index (χ2v) is 6.13. The maximum absolute atomic E-state index is 11.9. The van der Waals surface area contributed by atoms with Crippen molar-refractivity contribution in [2.75, 3.05) is 35.4 Å². The minimum Gasteiger partial charge on any atom is -0.497 e. The molecule has 1 N–H and O–H groups in total. The first kappa shape index (κ1) is 24.5. The first-order chi connectivity index (χ1) is 13.5. The van der Waals surface area contributed by atoms with Gasteiger partial charge >= 0.3 is 5.97 Å². The molecule has 0 amide bonds. The van der Waals surface area contributed by atoms with E-state index < -0.39 is 5.97 Å². The topological polar surface area (TPSA) is 72.4 Å². The minimum atomic E-state index is -0.431. The highest BCUT2D eigenvalue weighted by Gasteiger charge is 2.14. The Kier molecular flexibility index (Phi) is 10.3. The predicted octanol–water partition coefficient (Wildman–Crippen LogP) is 3.32. The van der Waals surface area contributed by atoms with E-state index in [4.69, 9.17) is 14.2 Å². The largest absolute Gasteiger partial charge is 0.497 e. The fraction of sp³-hybridized carbons (Fsp3) is 0.333. The number of rotatable bonds is 7. The molecule has 0 saturated carbocycles. The van der Waals surface area contributed by atoms with Gasteiger partial charge in [-0.15, -0.1) is 24.0 Å². The molecule has 2 aromatic carbocycles. The number of carbonyl (C=O) groups excluding carboxylic acids is 1. The molecule has 0 radical (unpaired) electrons. The van der Waals surface area contributed by atoms with Crippen molar-refractivity contribution in [2.45, 2.75) is 13.1 Å². The van der Waals surface area contributed by atoms with Crippen molar-refractivity contribution in [1.29, 1.82) is 0 Å². The summed E-state index contributed by atoms with van der Waals surface area (Å²) in [5, 5.41) is 3.31. The molecule has 2 rings (SSSR count). The van der Waals surface area contributed by atoms with E-state index in [-0.39, 0.29) is 24.0 Å². The molecule has 0 fully saturated rings. The van der Waals surface area contributed by atoms with Crippen LogP contribution < -0.4 is 14.8 Å². The molecular formula is C21H28IN3O4. The van der Waals surface area contributed by atoms with Crippen LogP contribution in [-0.2, 0) is 17.8 Å². The molecule has 0 unspecified atom stereocenters. The Labute approximate surface area is 189 Å². The van der Waals surface area contributed by atoms with Crippen molar-refractivity contribution in [2.24, 2.45) is 4.99 Å². The molecule has 0 aliphatic heterocycles. The van der Waals surface area contributed by atoms with E-state index in [0.717, 1.165) is 22.8 Å². The van der Waals surface area contributed by atoms with Crippen molar-refractivity contribution >= 4 is 35.9 Å². The molecule has 0 heterocycles. The van der Waals surface area contributed by atoms with E-state index in [9.17, 15) is 4.79 Å². The number of aliphatic imine (C=N–C) groups is 1. The van der Waals surface area contributed by atoms with Gasteiger partial charge in [-0.3, -0.25) is 4.99 Å². The standard InChI is InChI=1S/C21H27N3O4.HI/c1-22-21(24(2)14-15-6-9-17(26-3)10-7-15)23-13-16-8-11-19(27-4)18(12-16)20(25)28-5;/h6-12H,13-14H2,1-5H3,(H,22,23);1H. The van der Waals surface area contributed by atoms with Gasteiger partial charge in [0.25, 0.3) is 0 Å². The third kappa shape index (κ3) is 6.81. The molecule has 158 valence electrons. The van der Waals surface area contributed by atoms with Crippen LogP contribution >= 0.6 is 24.0 Å². The Balaban J connectivity index is 0.00000420. The van der Waals surface area contributed by atoms with E-state index in [0.29, 0.717) is 24.4 Å². The first-order valence-corrected chi connectivity index (χ1v) is 8.82. The van der Waals surface area contributed by atoms with E-state index >= 15 is 0 Å². The lowest BCUT2D eigenvalue weighted by Crippen LogP contribution is -2.38. The average molecular weight is 513 g/mol. The quantitative estimate of drug-likeness (QED) is 0.265. The molecule has 8 heteroatoms. The zero-order valence-corrected chi connectivity index (χ0v) is 19.7. The van der Waals surface area contributed by atoms with Gasteiger partial charge < -0.3 is 24.4 Å². The molecule has 7 nitrogen and oxygen atoms in total. The number of nitrogens with one attached hydrogen (secondary N) is 1. The summed E-state index contributed by atoms with van der Waals surface area (Å²) in [6.45, 7) is 1.20. The van der Waals surface area contributed by atoms with Crippen LogP contribution in [0.4, 0.5) is 0 Å². The SMILES string of the molecule is CN=C(NCc1ccc(OC)c(C(=O)OC)c1)N(C)Cc1ccc(OC)cc1.I. The fourth-order valence-electron chi connectivity index (χ4n) is 2.78. The normalized spacial score (nSPS) is 10.6. The molecule has 0 atom stereocenters. The highest BCUT2D eigenvalue weighted by Crippen LogP contribution is 2.21. The zero-order valence-electron chi connectivity index (χ0n) is 17.4. The van der Waals surface area contributed by atoms with Crippen LogP contribution in [0.15, 0.2) is 47.5 Å². The van der Waals surface area contributed by atoms with Gasteiger partial charge in [-0.25, -0.2) is 4.79 Å². The average Bonchev–Trinajstić information content (AvgIpc) is 2.74. The molecule has 0 aromatic heterocycles. The second-order valence-electron chi connectivity index (χ2n) is 6.13. The monoisotopic (exact) mass is 513 g/mol. The summed E-state index contributed by atoms with van der Waals surface area (Å²) in [5.74, 6) is 1.62. The maximum Gasteiger partial charge on any atom is 0.341 e. The number of benzene rings is 2. The molecule has 0 spiro atoms. The maximum atomic E-state index is 11.9. The molecular weight excluding hydrogens is 485 g/mol. The fourth-order valence-corrected chi connectivity index (χ4v) is 2.78. The van der Waals surface area contributed by atoms with Gasteiger partial charge in [-0.05, 0) is 35.4 Å². The highest BCUT2D eigenvalue weighted by molar-refractivity contribution is 14.0. The number of hydrogen-bond acceptors (Lipinski definition) is 5. The Hall–Kier alpha value is -2.49. The number of carbonyl (C=O) groups is 1. The van der Waals surface area contributed by atoms with Gasteiger partial charge in [-0.2, -0.15) is 0 Å². The third-order valence-corrected chi connectivity index (χ3v) is 4.27. The number of nitrogens with zero attached hydrogens (tertiary/aromatic N) is 2. The van der Waals surface area contributed by atoms with Gasteiger partial charge in [0.2, 0.25) is 0 Å². The Morgan fingerprint density at radius 3 is 2.24 bits per heavy atom. The summed E-state index contributed by atoms with van der Waals surface area (Å²) in [7, 11) is 8.23. The Morgan fingerprint density at radius 1 is 1.03 bits per heavy atom. The summed E-state index contributed by atoms with van der Waals surface area (Å²) in [6, 6.07) is 13.3. The van der Waals surface area contributed by atoms with Gasteiger partial charge in [0.05, 0.1) is 21.3 Å². The minimum absolute atomic E-state index is 0. The first-order valence-electron chi connectivity index (χ1n) is 8.82. The van der Waals surface area contributed by atoms with Crippen LogP contribution in [0.2, 0.25) is 0 Å². The number of guanidine groups is 1. The van der Waals surface area contributed by atoms with Crippen molar-refractivity contribution in [3.63, 3.8) is 0 Å². The van der Waals surface area contributed by atoms with Gasteiger partial charge in [0.15, 0.2) is 5.96 Å². The summed E-state index contributed by atoms with van der Waals surface area (Å²) in [5.41, 5.74) is 2.45. The highest BCUT2D eigenvalue weighted by atomic mass is 127. The summed E-state index contributed by atoms with van der Waals surface area (Å²) < 4.78 is 15.2. The van der Waals surface area contributed by atoms with E-state index in [1.165, 1.54) is 14.2 Å². The summed E-state index contributed by atoms with van der Waals surface area (Å²) >= 11 is 0. The van der Waals surface area contributed by atoms with Crippen LogP contribution in [0.5, 0.6) is 11.5 Å². The molecule has 0 aliphatic rings. The number of ether oxygens (including phenoxy) is 3. The van der Waals surface area contributed by atoms with Crippen molar-refractivity contribution in [3.05, 3.63) is 59.2 Å². The number of halogens is 1. The lowest BCUT2D eigenvalue weighted by atomic mass is 10.1. The Bertz CT molecular complexity index is 825. The van der Waals surface area contributed by atoms with E-state index in [1.807, 2.05) is 42.3 Å². The lowest BCUT2D eigenvalue weighted by Gasteiger charge is -2.22. The predicted molar refractivity (Wildman–Crippen MR) is 124 cm³/mol. The van der Waals surface area contributed by atoms with Crippen LogP contribution in [-0.4, -0.2) is 52.3 Å². The number of methoxy groups -OCH3 is 3. The molecule has 29 heavy (non-hydrogen) atoms. The van der Waals surface area contributed by atoms with Gasteiger partial charge in [0.1, 0.15) is 17.1 Å². The van der Waals surface area contributed by atoms with Gasteiger partial charge in [-0.1, -0.05) is 18.2 Å². The van der Waals surface area contributed by atoms with Crippen LogP contribution in [0.25, 0.3) is 0 Å². The molecule has 2 aromatic rings. The lowest BCUT2D eigenvalue weighted by molar-refractivity contribution is 0.0597. The summed E-state index contributed by atoms with van der Waals surface area (Å²) in [6.07, 6.45) is 0. The number of esters is 1.